The van der Waals surface area contributed by atoms with Gasteiger partial charge in [0, 0.05) is 18.5 Å². The number of hydrogen-bond donors (Lipinski definition) is 0. The molecule has 0 N–H and O–H groups in total. The molecule has 3 rings (SSSR count). The first kappa shape index (κ1) is 12.2. The van der Waals surface area contributed by atoms with Gasteiger partial charge in [0.05, 0.1) is 5.52 Å². The van der Waals surface area contributed by atoms with Crippen molar-refractivity contribution in [2.45, 2.75) is 19.8 Å². The van der Waals surface area contributed by atoms with E-state index in [9.17, 15) is 4.79 Å². The summed E-state index contributed by atoms with van der Waals surface area (Å²) in [5.74, 6) is 0.662. The van der Waals surface area contributed by atoms with Crippen LogP contribution in [0, 0.1) is 5.92 Å². The second-order valence-electron chi connectivity index (χ2n) is 5.39. The molecule has 0 spiro atoms. The Morgan fingerprint density at radius 1 is 1.26 bits per heavy atom. The molecular formula is C16H18N2O. The first-order valence-corrected chi connectivity index (χ1v) is 6.89. The van der Waals surface area contributed by atoms with Gasteiger partial charge in [-0.05, 0) is 30.9 Å². The summed E-state index contributed by atoms with van der Waals surface area (Å²) in [7, 11) is 0. The molecule has 0 radical (unpaired) electrons. The number of likely N-dealkylation sites (tertiary alicyclic amines) is 1. The first-order chi connectivity index (χ1) is 9.24. The van der Waals surface area contributed by atoms with Crippen LogP contribution in [0.5, 0.6) is 0 Å². The maximum atomic E-state index is 12.5. The lowest BCUT2D eigenvalue weighted by atomic mass is 10.00. The molecule has 1 aromatic carbocycles. The highest BCUT2D eigenvalue weighted by Gasteiger charge is 2.22. The number of carbonyl (C=O) groups excluding carboxylic acids is 1. The van der Waals surface area contributed by atoms with Crippen LogP contribution in [0.15, 0.2) is 36.4 Å². The van der Waals surface area contributed by atoms with Crippen LogP contribution in [-0.2, 0) is 0 Å². The second kappa shape index (κ2) is 5.00. The average molecular weight is 254 g/mol. The summed E-state index contributed by atoms with van der Waals surface area (Å²) in [5, 5.41) is 1.08. The Hall–Kier alpha value is -1.90. The molecule has 19 heavy (non-hydrogen) atoms. The summed E-state index contributed by atoms with van der Waals surface area (Å²) < 4.78 is 0. The molecule has 0 aliphatic carbocycles. The molecule has 0 saturated carbocycles. The van der Waals surface area contributed by atoms with Gasteiger partial charge in [0.25, 0.3) is 5.91 Å². The van der Waals surface area contributed by atoms with E-state index in [1.165, 1.54) is 6.42 Å². The molecular weight excluding hydrogens is 236 g/mol. The van der Waals surface area contributed by atoms with Crippen LogP contribution in [0.4, 0.5) is 0 Å². The monoisotopic (exact) mass is 254 g/mol. The van der Waals surface area contributed by atoms with Crippen molar-refractivity contribution >= 4 is 16.8 Å². The number of amides is 1. The third kappa shape index (κ3) is 2.46. The van der Waals surface area contributed by atoms with Crippen molar-refractivity contribution in [3.8, 4) is 0 Å². The number of nitrogens with zero attached hydrogens (tertiary/aromatic N) is 2. The highest BCUT2D eigenvalue weighted by molar-refractivity contribution is 5.94. The predicted molar refractivity (Wildman–Crippen MR) is 76.0 cm³/mol. The minimum absolute atomic E-state index is 0.0669. The SMILES string of the molecule is CC1CCCN(C(=O)c2ccc3ccccc3n2)C1. The molecule has 2 heterocycles. The molecule has 1 unspecified atom stereocenters. The molecule has 1 amide bonds. The zero-order valence-electron chi connectivity index (χ0n) is 11.2. The number of pyridine rings is 1. The maximum Gasteiger partial charge on any atom is 0.272 e. The zero-order valence-corrected chi connectivity index (χ0v) is 11.2. The van der Waals surface area contributed by atoms with Gasteiger partial charge >= 0.3 is 0 Å². The lowest BCUT2D eigenvalue weighted by Gasteiger charge is -2.30. The van der Waals surface area contributed by atoms with Gasteiger partial charge < -0.3 is 4.90 Å². The normalized spacial score (nSPS) is 19.6. The van der Waals surface area contributed by atoms with Gasteiger partial charge in [-0.3, -0.25) is 4.79 Å². The minimum atomic E-state index is 0.0669. The van der Waals surface area contributed by atoms with Crippen LogP contribution in [0.3, 0.4) is 0 Å². The molecule has 1 fully saturated rings. The molecule has 1 atom stereocenters. The van der Waals surface area contributed by atoms with Gasteiger partial charge in [0.1, 0.15) is 5.69 Å². The topological polar surface area (TPSA) is 33.2 Å². The summed E-state index contributed by atoms with van der Waals surface area (Å²) in [6.07, 6.45) is 2.31. The number of aromatic nitrogens is 1. The largest absolute Gasteiger partial charge is 0.337 e. The molecule has 0 bridgehead atoms. The quantitative estimate of drug-likeness (QED) is 0.783. The molecule has 1 aliphatic rings. The smallest absolute Gasteiger partial charge is 0.272 e. The lowest BCUT2D eigenvalue weighted by Crippen LogP contribution is -2.39. The number of benzene rings is 1. The lowest BCUT2D eigenvalue weighted by molar-refractivity contribution is 0.0677. The minimum Gasteiger partial charge on any atom is -0.337 e. The average Bonchev–Trinajstić information content (AvgIpc) is 2.46. The van der Waals surface area contributed by atoms with Crippen molar-refractivity contribution < 1.29 is 4.79 Å². The highest BCUT2D eigenvalue weighted by atomic mass is 16.2. The molecule has 3 nitrogen and oxygen atoms in total. The van der Waals surface area contributed by atoms with Crippen LogP contribution in [0.2, 0.25) is 0 Å². The Morgan fingerprint density at radius 3 is 2.95 bits per heavy atom. The molecule has 98 valence electrons. The number of rotatable bonds is 1. The van der Waals surface area contributed by atoms with E-state index in [0.717, 1.165) is 30.4 Å². The van der Waals surface area contributed by atoms with E-state index in [2.05, 4.69) is 11.9 Å². The van der Waals surface area contributed by atoms with Crippen molar-refractivity contribution in [1.29, 1.82) is 0 Å². The van der Waals surface area contributed by atoms with E-state index in [-0.39, 0.29) is 5.91 Å². The third-order valence-corrected chi connectivity index (χ3v) is 3.76. The fourth-order valence-electron chi connectivity index (χ4n) is 2.72. The van der Waals surface area contributed by atoms with Crippen LogP contribution < -0.4 is 0 Å². The molecule has 1 aromatic heterocycles. The van der Waals surface area contributed by atoms with E-state index < -0.39 is 0 Å². The van der Waals surface area contributed by atoms with Crippen LogP contribution in [0.25, 0.3) is 10.9 Å². The van der Waals surface area contributed by atoms with Gasteiger partial charge in [0.2, 0.25) is 0 Å². The van der Waals surface area contributed by atoms with Crippen LogP contribution in [-0.4, -0.2) is 28.9 Å². The number of para-hydroxylation sites is 1. The Bertz CT molecular complexity index is 608. The maximum absolute atomic E-state index is 12.5. The summed E-state index contributed by atoms with van der Waals surface area (Å²) in [6.45, 7) is 3.91. The molecule has 2 aromatic rings. The van der Waals surface area contributed by atoms with Crippen LogP contribution in [0.1, 0.15) is 30.3 Å². The summed E-state index contributed by atoms with van der Waals surface area (Å²) >= 11 is 0. The molecule has 1 aliphatic heterocycles. The van der Waals surface area contributed by atoms with Crippen molar-refractivity contribution in [3.05, 3.63) is 42.1 Å². The van der Waals surface area contributed by atoms with E-state index in [4.69, 9.17) is 0 Å². The number of piperidine rings is 1. The van der Waals surface area contributed by atoms with Crippen molar-refractivity contribution in [2.24, 2.45) is 5.92 Å². The molecule has 3 heteroatoms. The Morgan fingerprint density at radius 2 is 2.11 bits per heavy atom. The highest BCUT2D eigenvalue weighted by Crippen LogP contribution is 2.18. The van der Waals surface area contributed by atoms with Crippen molar-refractivity contribution in [3.63, 3.8) is 0 Å². The number of hydrogen-bond acceptors (Lipinski definition) is 2. The van der Waals surface area contributed by atoms with Gasteiger partial charge in [-0.2, -0.15) is 0 Å². The van der Waals surface area contributed by atoms with Gasteiger partial charge in [0.15, 0.2) is 0 Å². The van der Waals surface area contributed by atoms with Gasteiger partial charge in [-0.15, -0.1) is 0 Å². The predicted octanol–water partition coefficient (Wildman–Crippen LogP) is 3.11. The van der Waals surface area contributed by atoms with Crippen LogP contribution >= 0.6 is 0 Å². The fourth-order valence-corrected chi connectivity index (χ4v) is 2.72. The zero-order chi connectivity index (χ0) is 13.2. The molecule has 1 saturated heterocycles. The standard InChI is InChI=1S/C16H18N2O/c1-12-5-4-10-18(11-12)16(19)15-9-8-13-6-2-3-7-14(13)17-15/h2-3,6-9,12H,4-5,10-11H2,1H3. The van der Waals surface area contributed by atoms with Gasteiger partial charge in [-0.1, -0.05) is 31.2 Å². The summed E-state index contributed by atoms with van der Waals surface area (Å²) in [4.78, 5) is 18.9. The van der Waals surface area contributed by atoms with Crippen molar-refractivity contribution in [2.75, 3.05) is 13.1 Å². The fraction of sp³-hybridized carbons (Fsp3) is 0.375. The third-order valence-electron chi connectivity index (χ3n) is 3.76. The van der Waals surface area contributed by atoms with E-state index in [0.29, 0.717) is 11.6 Å². The number of carbonyl (C=O) groups is 1. The Labute approximate surface area is 113 Å². The second-order valence-corrected chi connectivity index (χ2v) is 5.39. The van der Waals surface area contributed by atoms with E-state index in [1.54, 1.807) is 0 Å². The number of fused-ring (bicyclic) bond motifs is 1. The van der Waals surface area contributed by atoms with E-state index in [1.807, 2.05) is 41.3 Å². The van der Waals surface area contributed by atoms with E-state index >= 15 is 0 Å². The summed E-state index contributed by atoms with van der Waals surface area (Å²) in [5.41, 5.74) is 1.45. The first-order valence-electron chi connectivity index (χ1n) is 6.89. The van der Waals surface area contributed by atoms with Crippen molar-refractivity contribution in [1.82, 2.24) is 9.88 Å². The Balaban J connectivity index is 1.88. The Kier molecular flexibility index (Phi) is 3.20. The van der Waals surface area contributed by atoms with Gasteiger partial charge in [-0.25, -0.2) is 4.98 Å². The summed E-state index contributed by atoms with van der Waals surface area (Å²) in [6, 6.07) is 11.7.